The number of ether oxygens (including phenoxy) is 2. The topological polar surface area (TPSA) is 147 Å². The van der Waals surface area contributed by atoms with Crippen molar-refractivity contribution in [2.75, 3.05) is 7.11 Å². The summed E-state index contributed by atoms with van der Waals surface area (Å²) in [7, 11) is 1.26. The zero-order chi connectivity index (χ0) is 17.6. The van der Waals surface area contributed by atoms with Crippen molar-refractivity contribution < 1.29 is 44.0 Å². The summed E-state index contributed by atoms with van der Waals surface area (Å²) in [6.45, 7) is 0. The quantitative estimate of drug-likeness (QED) is 0.343. The molecule has 124 valence electrons. The van der Waals surface area contributed by atoms with Crippen LogP contribution in [0.4, 0.5) is 0 Å². The summed E-state index contributed by atoms with van der Waals surface area (Å²) in [6.07, 6.45) is -1.70. The number of carboxylic acid groups (broad SMARTS) is 2. The number of rotatable bonds is 8. The highest BCUT2D eigenvalue weighted by molar-refractivity contribution is 5.89. The summed E-state index contributed by atoms with van der Waals surface area (Å²) < 4.78 is 9.79. The Bertz CT molecular complexity index is 637. The molecule has 23 heavy (non-hydrogen) atoms. The van der Waals surface area contributed by atoms with Crippen LogP contribution in [-0.4, -0.2) is 52.2 Å². The molecule has 0 aliphatic rings. The molecule has 0 aromatic heterocycles. The average Bonchev–Trinajstić information content (AvgIpc) is 2.46. The van der Waals surface area contributed by atoms with Gasteiger partial charge in [-0.2, -0.15) is 0 Å². The second-order valence-electron chi connectivity index (χ2n) is 4.59. The number of benzene rings is 1. The lowest BCUT2D eigenvalue weighted by molar-refractivity contribution is -0.169. The molecular weight excluding hydrogens is 312 g/mol. The molecular formula is C14H14O9. The van der Waals surface area contributed by atoms with Gasteiger partial charge in [0.05, 0.1) is 20.0 Å². The van der Waals surface area contributed by atoms with Crippen molar-refractivity contribution >= 4 is 24.2 Å². The van der Waals surface area contributed by atoms with E-state index >= 15 is 0 Å². The summed E-state index contributed by atoms with van der Waals surface area (Å²) in [5, 5.41) is 27.2. The number of aliphatic carboxylic acids is 2. The van der Waals surface area contributed by atoms with Gasteiger partial charge in [0.15, 0.2) is 17.1 Å². The summed E-state index contributed by atoms with van der Waals surface area (Å²) in [6, 6.07) is 3.87. The normalized spacial score (nSPS) is 12.8. The highest BCUT2D eigenvalue weighted by Crippen LogP contribution is 2.28. The maximum Gasteiger partial charge on any atom is 0.336 e. The van der Waals surface area contributed by atoms with E-state index in [1.165, 1.54) is 25.3 Å². The molecule has 0 aliphatic carbocycles. The van der Waals surface area contributed by atoms with Crippen LogP contribution in [0.1, 0.15) is 23.2 Å². The van der Waals surface area contributed by atoms with E-state index in [1.807, 2.05) is 0 Å². The Balaban J connectivity index is 2.93. The van der Waals surface area contributed by atoms with Gasteiger partial charge in [-0.1, -0.05) is 0 Å². The van der Waals surface area contributed by atoms with E-state index < -0.39 is 36.4 Å². The van der Waals surface area contributed by atoms with Gasteiger partial charge < -0.3 is 24.8 Å². The molecule has 0 saturated carbocycles. The van der Waals surface area contributed by atoms with Gasteiger partial charge in [0, 0.05) is 5.56 Å². The maximum absolute atomic E-state index is 11.8. The van der Waals surface area contributed by atoms with Crippen LogP contribution in [0.25, 0.3) is 0 Å². The van der Waals surface area contributed by atoms with Gasteiger partial charge in [0.1, 0.15) is 6.29 Å². The number of aliphatic hydroxyl groups is 1. The maximum atomic E-state index is 11.8. The molecule has 0 aliphatic heterocycles. The Kier molecular flexibility index (Phi) is 5.80. The van der Waals surface area contributed by atoms with E-state index in [0.29, 0.717) is 6.29 Å². The van der Waals surface area contributed by atoms with E-state index in [4.69, 9.17) is 19.7 Å². The SMILES string of the molecule is COc1cc(C=O)ccc1OC(=O)CC(O)(CC(=O)O)C(=O)O. The molecule has 9 nitrogen and oxygen atoms in total. The minimum atomic E-state index is -2.79. The van der Waals surface area contributed by atoms with E-state index in [2.05, 4.69) is 0 Å². The van der Waals surface area contributed by atoms with E-state index in [1.54, 1.807) is 0 Å². The molecule has 0 radical (unpaired) electrons. The summed E-state index contributed by atoms with van der Waals surface area (Å²) in [4.78, 5) is 44.0. The predicted molar refractivity (Wildman–Crippen MR) is 73.5 cm³/mol. The van der Waals surface area contributed by atoms with Gasteiger partial charge in [-0.15, -0.1) is 0 Å². The lowest BCUT2D eigenvalue weighted by Gasteiger charge is -2.20. The highest BCUT2D eigenvalue weighted by atomic mass is 16.6. The van der Waals surface area contributed by atoms with Gasteiger partial charge in [0.25, 0.3) is 0 Å². The molecule has 0 bridgehead atoms. The van der Waals surface area contributed by atoms with Crippen molar-refractivity contribution in [1.82, 2.24) is 0 Å². The van der Waals surface area contributed by atoms with Crippen molar-refractivity contribution in [1.29, 1.82) is 0 Å². The first-order chi connectivity index (χ1) is 10.7. The third-order valence-electron chi connectivity index (χ3n) is 2.83. The van der Waals surface area contributed by atoms with Gasteiger partial charge in [-0.05, 0) is 18.2 Å². The first kappa shape index (κ1) is 18.1. The van der Waals surface area contributed by atoms with Crippen LogP contribution in [-0.2, 0) is 14.4 Å². The number of carboxylic acids is 2. The molecule has 0 fully saturated rings. The van der Waals surface area contributed by atoms with Crippen LogP contribution in [0.2, 0.25) is 0 Å². The first-order valence-corrected chi connectivity index (χ1v) is 6.23. The molecule has 1 aromatic rings. The highest BCUT2D eigenvalue weighted by Gasteiger charge is 2.41. The fourth-order valence-electron chi connectivity index (χ4n) is 1.70. The Hall–Kier alpha value is -2.94. The standard InChI is InChI=1S/C14H14O9/c1-22-10-4-8(7-15)2-3-9(10)23-12(18)6-14(21,13(19)20)5-11(16)17/h2-4,7,21H,5-6H2,1H3,(H,16,17)(H,19,20). The minimum Gasteiger partial charge on any atom is -0.493 e. The van der Waals surface area contributed by atoms with Crippen molar-refractivity contribution in [2.45, 2.75) is 18.4 Å². The lowest BCUT2D eigenvalue weighted by Crippen LogP contribution is -2.43. The second kappa shape index (κ2) is 7.36. The predicted octanol–water partition coefficient (Wildman–Crippen LogP) is 0.0936. The van der Waals surface area contributed by atoms with Gasteiger partial charge >= 0.3 is 17.9 Å². The smallest absolute Gasteiger partial charge is 0.336 e. The zero-order valence-electron chi connectivity index (χ0n) is 12.0. The Morgan fingerprint density at radius 2 is 1.83 bits per heavy atom. The average molecular weight is 326 g/mol. The molecule has 3 N–H and O–H groups in total. The lowest BCUT2D eigenvalue weighted by atomic mass is 9.96. The summed E-state index contributed by atoms with van der Waals surface area (Å²) in [5.74, 6) is -4.68. The number of aldehydes is 1. The summed E-state index contributed by atoms with van der Waals surface area (Å²) >= 11 is 0. The second-order valence-corrected chi connectivity index (χ2v) is 4.59. The van der Waals surface area contributed by atoms with E-state index in [9.17, 15) is 24.3 Å². The fourth-order valence-corrected chi connectivity index (χ4v) is 1.70. The summed E-state index contributed by atoms with van der Waals surface area (Å²) in [5.41, 5.74) is -2.53. The number of carbonyl (C=O) groups is 4. The largest absolute Gasteiger partial charge is 0.493 e. The molecule has 0 spiro atoms. The molecule has 1 unspecified atom stereocenters. The van der Waals surface area contributed by atoms with Crippen LogP contribution < -0.4 is 9.47 Å². The molecule has 0 heterocycles. The number of hydrogen-bond acceptors (Lipinski definition) is 7. The zero-order valence-corrected chi connectivity index (χ0v) is 12.0. The van der Waals surface area contributed by atoms with Crippen LogP contribution in [0.15, 0.2) is 18.2 Å². The van der Waals surface area contributed by atoms with Crippen molar-refractivity contribution in [3.63, 3.8) is 0 Å². The van der Waals surface area contributed by atoms with Gasteiger partial charge in [0.2, 0.25) is 0 Å². The molecule has 0 amide bonds. The minimum absolute atomic E-state index is 0.0417. The number of esters is 1. The Labute approximate surface area is 130 Å². The molecule has 0 saturated heterocycles. The van der Waals surface area contributed by atoms with Crippen molar-refractivity contribution in [3.8, 4) is 11.5 Å². The van der Waals surface area contributed by atoms with Crippen LogP contribution >= 0.6 is 0 Å². The van der Waals surface area contributed by atoms with Crippen LogP contribution in [0, 0.1) is 0 Å². The van der Waals surface area contributed by atoms with Crippen LogP contribution in [0.3, 0.4) is 0 Å². The van der Waals surface area contributed by atoms with Crippen molar-refractivity contribution in [2.24, 2.45) is 0 Å². The van der Waals surface area contributed by atoms with E-state index in [-0.39, 0.29) is 17.1 Å². The monoisotopic (exact) mass is 326 g/mol. The molecule has 9 heteroatoms. The molecule has 1 rings (SSSR count). The van der Waals surface area contributed by atoms with Crippen LogP contribution in [0.5, 0.6) is 11.5 Å². The Morgan fingerprint density at radius 1 is 1.17 bits per heavy atom. The molecule has 1 atom stereocenters. The van der Waals surface area contributed by atoms with Gasteiger partial charge in [-0.25, -0.2) is 4.79 Å². The third kappa shape index (κ3) is 4.78. The van der Waals surface area contributed by atoms with Crippen molar-refractivity contribution in [3.05, 3.63) is 23.8 Å². The van der Waals surface area contributed by atoms with Gasteiger partial charge in [-0.3, -0.25) is 14.4 Å². The third-order valence-corrected chi connectivity index (χ3v) is 2.83. The fraction of sp³-hybridized carbons (Fsp3) is 0.286. The number of methoxy groups -OCH3 is 1. The van der Waals surface area contributed by atoms with E-state index in [0.717, 1.165) is 0 Å². The first-order valence-electron chi connectivity index (χ1n) is 6.23. The number of carbonyl (C=O) groups excluding carboxylic acids is 2. The Morgan fingerprint density at radius 3 is 2.30 bits per heavy atom. The number of hydrogen-bond donors (Lipinski definition) is 3. The molecule has 1 aromatic carbocycles.